The van der Waals surface area contributed by atoms with E-state index >= 15 is 0 Å². The molecule has 0 aliphatic heterocycles. The van der Waals surface area contributed by atoms with Gasteiger partial charge in [-0.1, -0.05) is 12.1 Å². The molecule has 1 aromatic carbocycles. The Bertz CT molecular complexity index is 408. The van der Waals surface area contributed by atoms with E-state index in [0.717, 1.165) is 0 Å². The van der Waals surface area contributed by atoms with Gasteiger partial charge in [0.25, 0.3) is 11.8 Å². The molecule has 2 amide bonds. The second kappa shape index (κ2) is 9.06. The van der Waals surface area contributed by atoms with Crippen molar-refractivity contribution in [2.45, 2.75) is 0 Å². The van der Waals surface area contributed by atoms with E-state index in [1.807, 2.05) is 0 Å². The quantitative estimate of drug-likeness (QED) is 0.677. The van der Waals surface area contributed by atoms with Crippen molar-refractivity contribution < 1.29 is 19.1 Å². The first-order valence-corrected chi connectivity index (χ1v) is 6.34. The van der Waals surface area contributed by atoms with Gasteiger partial charge in [-0.3, -0.25) is 9.59 Å². The summed E-state index contributed by atoms with van der Waals surface area (Å²) >= 11 is 0. The topological polar surface area (TPSA) is 76.7 Å². The van der Waals surface area contributed by atoms with Gasteiger partial charge in [0.05, 0.1) is 24.3 Å². The molecular weight excluding hydrogens is 260 g/mol. The highest BCUT2D eigenvalue weighted by atomic mass is 16.5. The molecule has 0 radical (unpaired) electrons. The molecule has 0 aliphatic carbocycles. The Morgan fingerprint density at radius 3 is 1.65 bits per heavy atom. The van der Waals surface area contributed by atoms with Gasteiger partial charge >= 0.3 is 0 Å². The third kappa shape index (κ3) is 4.99. The number of rotatable bonds is 8. The molecule has 0 aromatic heterocycles. The molecule has 6 nitrogen and oxygen atoms in total. The van der Waals surface area contributed by atoms with Crippen LogP contribution in [0.3, 0.4) is 0 Å². The minimum atomic E-state index is -0.292. The predicted octanol–water partition coefficient (Wildman–Crippen LogP) is 0.439. The van der Waals surface area contributed by atoms with Crippen molar-refractivity contribution in [3.8, 4) is 0 Å². The first kappa shape index (κ1) is 16.1. The van der Waals surface area contributed by atoms with Crippen molar-refractivity contribution >= 4 is 11.8 Å². The fraction of sp³-hybridized carbons (Fsp3) is 0.429. The Balaban J connectivity index is 2.71. The standard InChI is InChI=1S/C14H20N2O4/c1-19-9-7-15-13(17)11-5-3-4-6-12(11)14(18)16-8-10-20-2/h3-6H,7-10H2,1-2H3,(H,15,17)(H,16,18). The summed E-state index contributed by atoms with van der Waals surface area (Å²) in [6, 6.07) is 6.68. The van der Waals surface area contributed by atoms with Crippen LogP contribution < -0.4 is 10.6 Å². The smallest absolute Gasteiger partial charge is 0.252 e. The lowest BCUT2D eigenvalue weighted by Crippen LogP contribution is -2.32. The summed E-state index contributed by atoms with van der Waals surface area (Å²) in [6.07, 6.45) is 0. The van der Waals surface area contributed by atoms with E-state index in [-0.39, 0.29) is 11.8 Å². The zero-order valence-corrected chi connectivity index (χ0v) is 11.8. The minimum absolute atomic E-state index is 0.292. The van der Waals surface area contributed by atoms with Gasteiger partial charge in [0, 0.05) is 27.3 Å². The van der Waals surface area contributed by atoms with Gasteiger partial charge in [-0.2, -0.15) is 0 Å². The van der Waals surface area contributed by atoms with Crippen molar-refractivity contribution in [1.82, 2.24) is 10.6 Å². The Labute approximate surface area is 118 Å². The molecule has 0 atom stereocenters. The number of amides is 2. The molecule has 0 saturated carbocycles. The minimum Gasteiger partial charge on any atom is -0.383 e. The molecule has 0 bridgehead atoms. The van der Waals surface area contributed by atoms with Crippen molar-refractivity contribution in [3.63, 3.8) is 0 Å². The monoisotopic (exact) mass is 280 g/mol. The average Bonchev–Trinajstić information content (AvgIpc) is 2.47. The van der Waals surface area contributed by atoms with Crippen LogP contribution in [0.5, 0.6) is 0 Å². The molecule has 1 aromatic rings. The van der Waals surface area contributed by atoms with Crippen LogP contribution in [0.15, 0.2) is 24.3 Å². The van der Waals surface area contributed by atoms with Crippen molar-refractivity contribution in [1.29, 1.82) is 0 Å². The van der Waals surface area contributed by atoms with Gasteiger partial charge in [-0.15, -0.1) is 0 Å². The molecule has 0 fully saturated rings. The Morgan fingerprint density at radius 1 is 0.900 bits per heavy atom. The molecule has 20 heavy (non-hydrogen) atoms. The second-order valence-corrected chi connectivity index (χ2v) is 4.04. The first-order chi connectivity index (χ1) is 9.70. The largest absolute Gasteiger partial charge is 0.383 e. The van der Waals surface area contributed by atoms with E-state index in [2.05, 4.69) is 10.6 Å². The van der Waals surface area contributed by atoms with Crippen molar-refractivity contribution in [2.75, 3.05) is 40.5 Å². The van der Waals surface area contributed by atoms with Crippen LogP contribution in [0.1, 0.15) is 20.7 Å². The summed E-state index contributed by atoms with van der Waals surface area (Å²) in [5, 5.41) is 5.39. The summed E-state index contributed by atoms with van der Waals surface area (Å²) in [5.74, 6) is -0.584. The van der Waals surface area contributed by atoms with Gasteiger partial charge in [0.2, 0.25) is 0 Å². The highest BCUT2D eigenvalue weighted by Gasteiger charge is 2.15. The number of nitrogens with one attached hydrogen (secondary N) is 2. The molecule has 0 spiro atoms. The zero-order valence-electron chi connectivity index (χ0n) is 11.8. The molecule has 110 valence electrons. The Morgan fingerprint density at radius 2 is 1.30 bits per heavy atom. The lowest BCUT2D eigenvalue weighted by atomic mass is 10.1. The summed E-state index contributed by atoms with van der Waals surface area (Å²) in [5.41, 5.74) is 0.692. The maximum atomic E-state index is 12.0. The molecule has 0 heterocycles. The van der Waals surface area contributed by atoms with Gasteiger partial charge in [-0.05, 0) is 12.1 Å². The highest BCUT2D eigenvalue weighted by Crippen LogP contribution is 2.08. The van der Waals surface area contributed by atoms with Crippen molar-refractivity contribution in [3.05, 3.63) is 35.4 Å². The number of carbonyl (C=O) groups excluding carboxylic acids is 2. The van der Waals surface area contributed by atoms with Crippen molar-refractivity contribution in [2.24, 2.45) is 0 Å². The van der Waals surface area contributed by atoms with Crippen LogP contribution >= 0.6 is 0 Å². The van der Waals surface area contributed by atoms with Crippen LogP contribution in [0.2, 0.25) is 0 Å². The maximum absolute atomic E-state index is 12.0. The van der Waals surface area contributed by atoms with E-state index in [1.165, 1.54) is 0 Å². The van der Waals surface area contributed by atoms with Crippen LogP contribution in [0.4, 0.5) is 0 Å². The third-order valence-corrected chi connectivity index (χ3v) is 2.60. The lowest BCUT2D eigenvalue weighted by Gasteiger charge is -2.10. The molecular formula is C14H20N2O4. The van der Waals surface area contributed by atoms with Crippen LogP contribution in [-0.4, -0.2) is 52.3 Å². The number of benzene rings is 1. The van der Waals surface area contributed by atoms with E-state index in [4.69, 9.17) is 9.47 Å². The van der Waals surface area contributed by atoms with E-state index < -0.39 is 0 Å². The number of carbonyl (C=O) groups is 2. The van der Waals surface area contributed by atoms with Gasteiger partial charge < -0.3 is 20.1 Å². The van der Waals surface area contributed by atoms with Gasteiger partial charge in [0.15, 0.2) is 0 Å². The summed E-state index contributed by atoms with van der Waals surface area (Å²) < 4.78 is 9.73. The van der Waals surface area contributed by atoms with E-state index in [1.54, 1.807) is 38.5 Å². The normalized spacial score (nSPS) is 10.1. The Kier molecular flexibility index (Phi) is 7.31. The number of methoxy groups -OCH3 is 2. The highest BCUT2D eigenvalue weighted by molar-refractivity contribution is 6.07. The fourth-order valence-electron chi connectivity index (χ4n) is 1.60. The molecule has 6 heteroatoms. The summed E-state index contributed by atoms with van der Waals surface area (Å²) in [4.78, 5) is 24.0. The summed E-state index contributed by atoms with van der Waals surface area (Å²) in [7, 11) is 3.12. The Hall–Kier alpha value is -1.92. The molecule has 0 aliphatic rings. The van der Waals surface area contributed by atoms with E-state index in [0.29, 0.717) is 37.4 Å². The third-order valence-electron chi connectivity index (χ3n) is 2.60. The lowest BCUT2D eigenvalue weighted by molar-refractivity contribution is 0.0903. The molecule has 0 unspecified atom stereocenters. The van der Waals surface area contributed by atoms with Crippen LogP contribution in [-0.2, 0) is 9.47 Å². The molecule has 0 saturated heterocycles. The number of hydrogen-bond acceptors (Lipinski definition) is 4. The number of hydrogen-bond donors (Lipinski definition) is 2. The van der Waals surface area contributed by atoms with Gasteiger partial charge in [0.1, 0.15) is 0 Å². The van der Waals surface area contributed by atoms with Crippen LogP contribution in [0.25, 0.3) is 0 Å². The zero-order chi connectivity index (χ0) is 14.8. The first-order valence-electron chi connectivity index (χ1n) is 6.34. The maximum Gasteiger partial charge on any atom is 0.252 e. The van der Waals surface area contributed by atoms with Gasteiger partial charge in [-0.25, -0.2) is 0 Å². The SMILES string of the molecule is COCCNC(=O)c1ccccc1C(=O)NCCOC. The molecule has 1 rings (SSSR count). The summed E-state index contributed by atoms with van der Waals surface area (Å²) in [6.45, 7) is 1.64. The fourth-order valence-corrected chi connectivity index (χ4v) is 1.60. The second-order valence-electron chi connectivity index (χ2n) is 4.04. The van der Waals surface area contributed by atoms with E-state index in [9.17, 15) is 9.59 Å². The molecule has 2 N–H and O–H groups in total. The average molecular weight is 280 g/mol. The van der Waals surface area contributed by atoms with Crippen LogP contribution in [0, 0.1) is 0 Å². The predicted molar refractivity (Wildman–Crippen MR) is 74.9 cm³/mol. The number of ether oxygens (including phenoxy) is 2.